The molecule has 1 N–H and O–H groups in total. The van der Waals surface area contributed by atoms with Gasteiger partial charge in [0.1, 0.15) is 28.3 Å². The van der Waals surface area contributed by atoms with Crippen LogP contribution in [0.2, 0.25) is 0 Å². The van der Waals surface area contributed by atoms with Crippen molar-refractivity contribution in [2.24, 2.45) is 5.92 Å². The van der Waals surface area contributed by atoms with E-state index in [1.54, 1.807) is 62.6 Å². The van der Waals surface area contributed by atoms with Gasteiger partial charge in [0.2, 0.25) is 10.0 Å². The first kappa shape index (κ1) is 28.2. The van der Waals surface area contributed by atoms with Crippen molar-refractivity contribution < 1.29 is 27.4 Å². The van der Waals surface area contributed by atoms with Crippen LogP contribution in [0.4, 0.5) is 4.39 Å². The molecule has 0 spiro atoms. The Bertz CT molecular complexity index is 1490. The van der Waals surface area contributed by atoms with Crippen molar-refractivity contribution in [2.75, 3.05) is 26.7 Å². The molecule has 0 saturated heterocycles. The molecule has 1 aromatic heterocycles. The van der Waals surface area contributed by atoms with E-state index in [1.165, 1.54) is 27.4 Å². The molecule has 2 aromatic carbocycles. The molecular formula is C29H30FN3O5S. The van der Waals surface area contributed by atoms with Gasteiger partial charge in [-0.25, -0.2) is 12.8 Å². The fraction of sp³-hybridized carbons (Fsp3) is 0.310. The summed E-state index contributed by atoms with van der Waals surface area (Å²) in [5.74, 6) is 5.02. The molecule has 204 valence electrons. The second kappa shape index (κ2) is 11.9. The summed E-state index contributed by atoms with van der Waals surface area (Å²) in [7, 11) is -2.38. The molecule has 2 heterocycles. The molecule has 3 atom stereocenters. The number of rotatable bonds is 5. The molecule has 4 rings (SSSR count). The number of aromatic nitrogens is 1. The molecular weight excluding hydrogens is 521 g/mol. The summed E-state index contributed by atoms with van der Waals surface area (Å²) in [4.78, 5) is 18.5. The highest BCUT2D eigenvalue weighted by Gasteiger charge is 2.38. The number of hydrogen-bond donors (Lipinski definition) is 1. The van der Waals surface area contributed by atoms with E-state index in [1.807, 2.05) is 6.92 Å². The Labute approximate surface area is 228 Å². The summed E-state index contributed by atoms with van der Waals surface area (Å²) in [6.45, 7) is 3.39. The number of nitrogens with zero attached hydrogens (tertiary/aromatic N) is 3. The Morgan fingerprint density at radius 2 is 1.87 bits per heavy atom. The maximum atomic E-state index is 13.7. The molecule has 0 aliphatic carbocycles. The number of aliphatic hydroxyl groups is 1. The number of ether oxygens (including phenoxy) is 1. The van der Waals surface area contributed by atoms with Crippen molar-refractivity contribution in [3.63, 3.8) is 0 Å². The first-order valence-corrected chi connectivity index (χ1v) is 13.9. The fourth-order valence-electron chi connectivity index (χ4n) is 4.24. The number of amides is 1. The fourth-order valence-corrected chi connectivity index (χ4v) is 6.06. The lowest BCUT2D eigenvalue weighted by atomic mass is 10.0. The molecule has 0 bridgehead atoms. The van der Waals surface area contributed by atoms with E-state index in [2.05, 4.69) is 16.8 Å². The number of carbonyl (C=O) groups is 1. The normalized spacial score (nSPS) is 19.3. The summed E-state index contributed by atoms with van der Waals surface area (Å²) < 4.78 is 48.1. The van der Waals surface area contributed by atoms with Crippen molar-refractivity contribution in [3.8, 4) is 17.6 Å². The van der Waals surface area contributed by atoms with Crippen molar-refractivity contribution in [2.45, 2.75) is 30.9 Å². The Kier molecular flexibility index (Phi) is 8.65. The average Bonchev–Trinajstić information content (AvgIpc) is 2.94. The Morgan fingerprint density at radius 3 is 2.54 bits per heavy atom. The topological polar surface area (TPSA) is 100 Å². The summed E-state index contributed by atoms with van der Waals surface area (Å²) in [6.07, 6.45) is 0.963. The number of fused-ring (bicyclic) bond motifs is 1. The minimum Gasteiger partial charge on any atom is -0.487 e. The van der Waals surface area contributed by atoms with Gasteiger partial charge in [-0.05, 0) is 61.5 Å². The third-order valence-electron chi connectivity index (χ3n) is 6.55. The van der Waals surface area contributed by atoms with Gasteiger partial charge in [-0.2, -0.15) is 4.31 Å². The summed E-state index contributed by atoms with van der Waals surface area (Å²) in [5.41, 5.74) is 1.39. The standard InChI is InChI=1S/C29H30FN3O5S/c1-20-17-33(21(2)19-34)39(36,37)28-14-11-23(8-7-22-9-12-24(30)13-10-22)16-26(28)38-27(20)18-32(3)29(35)25-6-4-5-15-31-25/h4-6,9-16,20-21,27,34H,17-19H2,1-3H3/t20-,21-,27-/m0/s1. The van der Waals surface area contributed by atoms with Crippen molar-refractivity contribution in [1.82, 2.24) is 14.2 Å². The van der Waals surface area contributed by atoms with Gasteiger partial charge in [0.25, 0.3) is 5.91 Å². The van der Waals surface area contributed by atoms with Gasteiger partial charge in [0.15, 0.2) is 0 Å². The van der Waals surface area contributed by atoms with Crippen molar-refractivity contribution >= 4 is 15.9 Å². The molecule has 1 aliphatic heterocycles. The smallest absolute Gasteiger partial charge is 0.272 e. The summed E-state index contributed by atoms with van der Waals surface area (Å²) in [6, 6.07) is 14.7. The Morgan fingerprint density at radius 1 is 1.18 bits per heavy atom. The molecule has 0 fully saturated rings. The van der Waals surface area contributed by atoms with Crippen LogP contribution in [0.3, 0.4) is 0 Å². The third-order valence-corrected chi connectivity index (χ3v) is 8.57. The zero-order valence-electron chi connectivity index (χ0n) is 21.9. The van der Waals surface area contributed by atoms with Crippen LogP contribution >= 0.6 is 0 Å². The maximum absolute atomic E-state index is 13.7. The molecule has 0 saturated carbocycles. The van der Waals surface area contributed by atoms with Gasteiger partial charge in [-0.15, -0.1) is 0 Å². The number of sulfonamides is 1. The van der Waals surface area contributed by atoms with Gasteiger partial charge < -0.3 is 14.7 Å². The highest BCUT2D eigenvalue weighted by Crippen LogP contribution is 2.34. The highest BCUT2D eigenvalue weighted by atomic mass is 32.2. The SMILES string of the molecule is C[C@H]1CN([C@@H](C)CO)S(=O)(=O)c2ccc(C#Cc3ccc(F)cc3)cc2O[C@H]1CN(C)C(=O)c1ccccn1. The first-order chi connectivity index (χ1) is 18.6. The number of benzene rings is 2. The van der Waals surface area contributed by atoms with Crippen LogP contribution in [0, 0.1) is 23.6 Å². The third kappa shape index (κ3) is 6.45. The van der Waals surface area contributed by atoms with E-state index in [-0.39, 0.29) is 53.7 Å². The van der Waals surface area contributed by atoms with Gasteiger partial charge in [0.05, 0.1) is 13.2 Å². The van der Waals surface area contributed by atoms with Crippen LogP contribution in [0.5, 0.6) is 5.75 Å². The second-order valence-corrected chi connectivity index (χ2v) is 11.4. The van der Waals surface area contributed by atoms with E-state index >= 15 is 0 Å². The lowest BCUT2D eigenvalue weighted by Gasteiger charge is -2.37. The number of hydrogen-bond acceptors (Lipinski definition) is 6. The molecule has 1 amide bonds. The van der Waals surface area contributed by atoms with Crippen LogP contribution < -0.4 is 4.74 Å². The van der Waals surface area contributed by atoms with Gasteiger partial charge >= 0.3 is 0 Å². The van der Waals surface area contributed by atoms with Crippen LogP contribution in [0.25, 0.3) is 0 Å². The highest BCUT2D eigenvalue weighted by molar-refractivity contribution is 7.89. The monoisotopic (exact) mass is 551 g/mol. The molecule has 39 heavy (non-hydrogen) atoms. The van der Waals surface area contributed by atoms with E-state index in [4.69, 9.17) is 4.74 Å². The quantitative estimate of drug-likeness (QED) is 0.489. The molecule has 1 aliphatic rings. The van der Waals surface area contributed by atoms with E-state index in [0.717, 1.165) is 0 Å². The lowest BCUT2D eigenvalue weighted by molar-refractivity contribution is 0.0559. The van der Waals surface area contributed by atoms with Gasteiger partial charge in [-0.3, -0.25) is 9.78 Å². The molecule has 3 aromatic rings. The maximum Gasteiger partial charge on any atom is 0.272 e. The number of likely N-dealkylation sites (N-methyl/N-ethyl adjacent to an activating group) is 1. The largest absolute Gasteiger partial charge is 0.487 e. The van der Waals surface area contributed by atoms with Gasteiger partial charge in [-0.1, -0.05) is 24.8 Å². The second-order valence-electron chi connectivity index (χ2n) is 9.56. The Balaban J connectivity index is 1.71. The lowest BCUT2D eigenvalue weighted by Crippen LogP contribution is -2.50. The molecule has 10 heteroatoms. The number of pyridine rings is 1. The molecule has 0 unspecified atom stereocenters. The first-order valence-electron chi connectivity index (χ1n) is 12.5. The predicted molar refractivity (Wildman–Crippen MR) is 144 cm³/mol. The number of halogens is 1. The zero-order valence-corrected chi connectivity index (χ0v) is 22.7. The predicted octanol–water partition coefficient (Wildman–Crippen LogP) is 3.16. The number of carbonyl (C=O) groups excluding carboxylic acids is 1. The van der Waals surface area contributed by atoms with E-state index in [9.17, 15) is 22.7 Å². The number of aliphatic hydroxyl groups excluding tert-OH is 1. The van der Waals surface area contributed by atoms with E-state index in [0.29, 0.717) is 11.1 Å². The van der Waals surface area contributed by atoms with Crippen molar-refractivity contribution in [1.29, 1.82) is 0 Å². The Hall–Kier alpha value is -3.78. The zero-order chi connectivity index (χ0) is 28.2. The van der Waals surface area contributed by atoms with Crippen LogP contribution in [-0.2, 0) is 10.0 Å². The van der Waals surface area contributed by atoms with Crippen LogP contribution in [-0.4, -0.2) is 72.5 Å². The van der Waals surface area contributed by atoms with E-state index < -0.39 is 22.2 Å². The van der Waals surface area contributed by atoms with Crippen LogP contribution in [0.1, 0.15) is 35.5 Å². The average molecular weight is 552 g/mol. The minimum absolute atomic E-state index is 0.0502. The summed E-state index contributed by atoms with van der Waals surface area (Å²) in [5, 5.41) is 9.83. The van der Waals surface area contributed by atoms with Gasteiger partial charge in [0, 0.05) is 42.9 Å². The molecule has 0 radical (unpaired) electrons. The summed E-state index contributed by atoms with van der Waals surface area (Å²) >= 11 is 0. The molecule has 8 nitrogen and oxygen atoms in total. The van der Waals surface area contributed by atoms with Crippen molar-refractivity contribution in [3.05, 3.63) is 89.5 Å². The minimum atomic E-state index is -4.02. The van der Waals surface area contributed by atoms with Crippen LogP contribution in [0.15, 0.2) is 71.8 Å².